The third kappa shape index (κ3) is 3.33. The van der Waals surface area contributed by atoms with Crippen molar-refractivity contribution in [3.8, 4) is 0 Å². The second-order valence-corrected chi connectivity index (χ2v) is 4.26. The number of carbonyl (C=O) groups is 2. The minimum absolute atomic E-state index is 0.0192. The maximum atomic E-state index is 11.7. The van der Waals surface area contributed by atoms with Crippen molar-refractivity contribution in [2.24, 2.45) is 5.92 Å². The SMILES string of the molecule is CCCCCC(=O)C1CC(=O)N(CC)C1. The lowest BCUT2D eigenvalue weighted by atomic mass is 9.98. The molecular formula is C12H21NO2. The van der Waals surface area contributed by atoms with Gasteiger partial charge in [0.05, 0.1) is 0 Å². The Balaban J connectivity index is 2.32. The number of hydrogen-bond acceptors (Lipinski definition) is 2. The van der Waals surface area contributed by atoms with Crippen LogP contribution in [0.1, 0.15) is 46.0 Å². The molecule has 86 valence electrons. The maximum absolute atomic E-state index is 11.7. The van der Waals surface area contributed by atoms with Crippen LogP contribution in [0, 0.1) is 5.92 Å². The van der Waals surface area contributed by atoms with Crippen molar-refractivity contribution in [3.05, 3.63) is 0 Å². The number of hydrogen-bond donors (Lipinski definition) is 0. The molecule has 1 amide bonds. The van der Waals surface area contributed by atoms with Gasteiger partial charge in [0.1, 0.15) is 5.78 Å². The molecule has 0 saturated carbocycles. The molecule has 1 atom stereocenters. The molecule has 1 saturated heterocycles. The van der Waals surface area contributed by atoms with Crippen molar-refractivity contribution in [3.63, 3.8) is 0 Å². The number of amides is 1. The summed E-state index contributed by atoms with van der Waals surface area (Å²) in [6.07, 6.45) is 4.33. The van der Waals surface area contributed by atoms with Crippen LogP contribution >= 0.6 is 0 Å². The molecule has 1 fully saturated rings. The molecule has 0 spiro atoms. The van der Waals surface area contributed by atoms with Crippen LogP contribution in [0.2, 0.25) is 0 Å². The minimum Gasteiger partial charge on any atom is -0.342 e. The molecule has 0 aromatic heterocycles. The molecule has 0 radical (unpaired) electrons. The number of nitrogens with zero attached hydrogens (tertiary/aromatic N) is 1. The fraction of sp³-hybridized carbons (Fsp3) is 0.833. The molecule has 1 aliphatic heterocycles. The number of Topliss-reactive ketones (excluding diaryl/α,β-unsaturated/α-hetero) is 1. The smallest absolute Gasteiger partial charge is 0.223 e. The predicted octanol–water partition coefficient (Wildman–Crippen LogP) is 2.00. The van der Waals surface area contributed by atoms with Crippen molar-refractivity contribution >= 4 is 11.7 Å². The topological polar surface area (TPSA) is 37.4 Å². The standard InChI is InChI=1S/C12H21NO2/c1-3-5-6-7-11(14)10-8-12(15)13(4-2)9-10/h10H,3-9H2,1-2H3. The highest BCUT2D eigenvalue weighted by Crippen LogP contribution is 2.20. The molecule has 0 N–H and O–H groups in total. The van der Waals surface area contributed by atoms with Crippen LogP contribution in [-0.4, -0.2) is 29.7 Å². The molecule has 1 rings (SSSR count). The summed E-state index contributed by atoms with van der Waals surface area (Å²) in [5.41, 5.74) is 0. The van der Waals surface area contributed by atoms with E-state index in [4.69, 9.17) is 0 Å². The van der Waals surface area contributed by atoms with Crippen molar-refractivity contribution in [1.82, 2.24) is 4.90 Å². The van der Waals surface area contributed by atoms with Gasteiger partial charge >= 0.3 is 0 Å². The van der Waals surface area contributed by atoms with Gasteiger partial charge in [-0.05, 0) is 13.3 Å². The van der Waals surface area contributed by atoms with Gasteiger partial charge in [0.15, 0.2) is 0 Å². The Labute approximate surface area is 91.8 Å². The largest absolute Gasteiger partial charge is 0.342 e. The van der Waals surface area contributed by atoms with E-state index in [9.17, 15) is 9.59 Å². The highest BCUT2D eigenvalue weighted by atomic mass is 16.2. The lowest BCUT2D eigenvalue weighted by molar-refractivity contribution is -0.128. The second kappa shape index (κ2) is 5.89. The molecule has 3 nitrogen and oxygen atoms in total. The minimum atomic E-state index is -0.0192. The third-order valence-corrected chi connectivity index (χ3v) is 3.08. The van der Waals surface area contributed by atoms with E-state index in [0.29, 0.717) is 19.4 Å². The Hall–Kier alpha value is -0.860. The summed E-state index contributed by atoms with van der Waals surface area (Å²) in [4.78, 5) is 25.0. The molecule has 0 bridgehead atoms. The van der Waals surface area contributed by atoms with Crippen LogP contribution in [0.25, 0.3) is 0 Å². The summed E-state index contributed by atoms with van der Waals surface area (Å²) >= 11 is 0. The van der Waals surface area contributed by atoms with Gasteiger partial charge in [0.2, 0.25) is 5.91 Å². The summed E-state index contributed by atoms with van der Waals surface area (Å²) < 4.78 is 0. The van der Waals surface area contributed by atoms with Crippen LogP contribution in [0.15, 0.2) is 0 Å². The van der Waals surface area contributed by atoms with E-state index in [-0.39, 0.29) is 17.6 Å². The van der Waals surface area contributed by atoms with Crippen LogP contribution in [0.3, 0.4) is 0 Å². The maximum Gasteiger partial charge on any atom is 0.223 e. The summed E-state index contributed by atoms with van der Waals surface area (Å²) in [5.74, 6) is 0.411. The zero-order valence-corrected chi connectivity index (χ0v) is 9.79. The third-order valence-electron chi connectivity index (χ3n) is 3.08. The molecule has 1 heterocycles. The molecule has 0 aromatic rings. The van der Waals surface area contributed by atoms with Gasteiger partial charge in [-0.2, -0.15) is 0 Å². The van der Waals surface area contributed by atoms with E-state index in [1.807, 2.05) is 6.92 Å². The number of likely N-dealkylation sites (tertiary alicyclic amines) is 1. The lowest BCUT2D eigenvalue weighted by Crippen LogP contribution is -2.25. The van der Waals surface area contributed by atoms with E-state index in [1.165, 1.54) is 0 Å². The van der Waals surface area contributed by atoms with Gasteiger partial charge in [0.25, 0.3) is 0 Å². The van der Waals surface area contributed by atoms with Gasteiger partial charge in [-0.3, -0.25) is 9.59 Å². The highest BCUT2D eigenvalue weighted by Gasteiger charge is 2.32. The average molecular weight is 211 g/mol. The molecule has 15 heavy (non-hydrogen) atoms. The Morgan fingerprint density at radius 1 is 1.40 bits per heavy atom. The Bertz CT molecular complexity index is 238. The first-order valence-electron chi connectivity index (χ1n) is 5.99. The van der Waals surface area contributed by atoms with Gasteiger partial charge in [-0.25, -0.2) is 0 Å². The lowest BCUT2D eigenvalue weighted by Gasteiger charge is -2.12. The number of rotatable bonds is 6. The molecule has 3 heteroatoms. The quantitative estimate of drug-likeness (QED) is 0.630. The Morgan fingerprint density at radius 2 is 2.13 bits per heavy atom. The van der Waals surface area contributed by atoms with Crippen LogP contribution in [0.5, 0.6) is 0 Å². The van der Waals surface area contributed by atoms with Crippen LogP contribution in [-0.2, 0) is 9.59 Å². The Morgan fingerprint density at radius 3 is 2.67 bits per heavy atom. The molecule has 0 aliphatic carbocycles. The number of ketones is 1. The monoisotopic (exact) mass is 211 g/mol. The normalized spacial score (nSPS) is 21.1. The van der Waals surface area contributed by atoms with E-state index >= 15 is 0 Å². The first kappa shape index (κ1) is 12.2. The fourth-order valence-corrected chi connectivity index (χ4v) is 2.05. The zero-order valence-electron chi connectivity index (χ0n) is 9.79. The summed E-state index contributed by atoms with van der Waals surface area (Å²) in [5, 5.41) is 0. The first-order chi connectivity index (χ1) is 7.19. The second-order valence-electron chi connectivity index (χ2n) is 4.26. The summed E-state index contributed by atoms with van der Waals surface area (Å²) in [7, 11) is 0. The van der Waals surface area contributed by atoms with Crippen molar-refractivity contribution in [2.75, 3.05) is 13.1 Å². The van der Waals surface area contributed by atoms with Gasteiger partial charge in [-0.1, -0.05) is 19.8 Å². The van der Waals surface area contributed by atoms with E-state index < -0.39 is 0 Å². The highest BCUT2D eigenvalue weighted by molar-refractivity contribution is 5.90. The number of carbonyl (C=O) groups excluding carboxylic acids is 2. The van der Waals surface area contributed by atoms with Crippen LogP contribution < -0.4 is 0 Å². The van der Waals surface area contributed by atoms with E-state index in [1.54, 1.807) is 4.90 Å². The summed E-state index contributed by atoms with van der Waals surface area (Å²) in [6, 6.07) is 0. The summed E-state index contributed by atoms with van der Waals surface area (Å²) in [6.45, 7) is 5.47. The first-order valence-corrected chi connectivity index (χ1v) is 5.99. The Kier molecular flexibility index (Phi) is 4.79. The zero-order chi connectivity index (χ0) is 11.3. The van der Waals surface area contributed by atoms with E-state index in [0.717, 1.165) is 25.8 Å². The van der Waals surface area contributed by atoms with Gasteiger partial charge in [-0.15, -0.1) is 0 Å². The predicted molar refractivity (Wildman–Crippen MR) is 59.5 cm³/mol. The van der Waals surface area contributed by atoms with E-state index in [2.05, 4.69) is 6.92 Å². The molecule has 1 unspecified atom stereocenters. The van der Waals surface area contributed by atoms with Crippen molar-refractivity contribution in [1.29, 1.82) is 0 Å². The molecule has 1 aliphatic rings. The number of unbranched alkanes of at least 4 members (excludes halogenated alkanes) is 2. The van der Waals surface area contributed by atoms with Crippen molar-refractivity contribution < 1.29 is 9.59 Å². The molecule has 0 aromatic carbocycles. The average Bonchev–Trinajstić information content (AvgIpc) is 2.60. The van der Waals surface area contributed by atoms with Gasteiger partial charge in [0, 0.05) is 31.8 Å². The fourth-order valence-electron chi connectivity index (χ4n) is 2.05. The molecular weight excluding hydrogens is 190 g/mol. The van der Waals surface area contributed by atoms with Gasteiger partial charge < -0.3 is 4.90 Å². The van der Waals surface area contributed by atoms with Crippen molar-refractivity contribution in [2.45, 2.75) is 46.0 Å². The van der Waals surface area contributed by atoms with Crippen LogP contribution in [0.4, 0.5) is 0 Å².